The molecule has 0 saturated heterocycles. The Morgan fingerprint density at radius 3 is 2.74 bits per heavy atom. The van der Waals surface area contributed by atoms with Crippen LogP contribution in [-0.4, -0.2) is 17.0 Å². The van der Waals surface area contributed by atoms with Crippen molar-refractivity contribution in [1.29, 1.82) is 0 Å². The highest BCUT2D eigenvalue weighted by molar-refractivity contribution is 9.10. The lowest BCUT2D eigenvalue weighted by Gasteiger charge is -2.09. The summed E-state index contributed by atoms with van der Waals surface area (Å²) in [6, 6.07) is 8.60. The summed E-state index contributed by atoms with van der Waals surface area (Å²) in [7, 11) is 1.87. The Hall–Kier alpha value is -1.42. The average molecular weight is 318 g/mol. The van der Waals surface area contributed by atoms with Crippen molar-refractivity contribution in [1.82, 2.24) is 9.97 Å². The topological polar surface area (TPSA) is 37.8 Å². The Kier molecular flexibility index (Phi) is 3.27. The molecule has 0 bridgehead atoms. The molecular weight excluding hydrogens is 302 g/mol. The predicted molar refractivity (Wildman–Crippen MR) is 81.4 cm³/mol. The summed E-state index contributed by atoms with van der Waals surface area (Å²) >= 11 is 3.51. The zero-order valence-electron chi connectivity index (χ0n) is 11.1. The zero-order chi connectivity index (χ0) is 13.4. The Morgan fingerprint density at radius 2 is 2.05 bits per heavy atom. The highest BCUT2D eigenvalue weighted by Crippen LogP contribution is 2.41. The maximum Gasteiger partial charge on any atom is 0.161 e. The minimum absolute atomic E-state index is 0.750. The summed E-state index contributed by atoms with van der Waals surface area (Å²) in [6.45, 7) is 1.99. The Bertz CT molecular complexity index is 621. The van der Waals surface area contributed by atoms with Gasteiger partial charge in [0.05, 0.1) is 10.2 Å². The van der Waals surface area contributed by atoms with Crippen molar-refractivity contribution >= 4 is 21.7 Å². The molecule has 0 radical (unpaired) electrons. The summed E-state index contributed by atoms with van der Waals surface area (Å²) in [6.07, 6.45) is 2.62. The standard InChI is InChI=1S/C15H16BrN3/c1-9-13(16)15(17-2)19-14(18-9)12-5-3-4-11(8-12)10-6-7-10/h3-5,8,10H,6-7H2,1-2H3,(H,17,18,19). The molecule has 2 aromatic rings. The van der Waals surface area contributed by atoms with Crippen molar-refractivity contribution in [3.8, 4) is 11.4 Å². The number of rotatable bonds is 3. The van der Waals surface area contributed by atoms with Gasteiger partial charge < -0.3 is 5.32 Å². The molecule has 19 heavy (non-hydrogen) atoms. The number of nitrogens with zero attached hydrogens (tertiary/aromatic N) is 2. The van der Waals surface area contributed by atoms with Gasteiger partial charge in [-0.1, -0.05) is 18.2 Å². The van der Waals surface area contributed by atoms with Crippen LogP contribution in [0.15, 0.2) is 28.7 Å². The van der Waals surface area contributed by atoms with Crippen molar-refractivity contribution in [3.05, 3.63) is 40.0 Å². The molecule has 1 saturated carbocycles. The molecule has 0 aliphatic heterocycles. The van der Waals surface area contributed by atoms with Gasteiger partial charge in [-0.2, -0.15) is 0 Å². The summed E-state index contributed by atoms with van der Waals surface area (Å²) in [4.78, 5) is 9.15. The second kappa shape index (κ2) is 4.93. The molecule has 3 rings (SSSR count). The van der Waals surface area contributed by atoms with Gasteiger partial charge in [-0.05, 0) is 53.2 Å². The highest BCUT2D eigenvalue weighted by Gasteiger charge is 2.23. The number of hydrogen-bond acceptors (Lipinski definition) is 3. The maximum atomic E-state index is 4.57. The van der Waals surface area contributed by atoms with E-state index in [1.165, 1.54) is 18.4 Å². The number of aryl methyl sites for hydroxylation is 1. The Labute approximate surface area is 121 Å². The predicted octanol–water partition coefficient (Wildman–Crippen LogP) is 4.13. The second-order valence-electron chi connectivity index (χ2n) is 4.94. The number of aromatic nitrogens is 2. The monoisotopic (exact) mass is 317 g/mol. The van der Waals surface area contributed by atoms with Crippen LogP contribution in [0.3, 0.4) is 0 Å². The summed E-state index contributed by atoms with van der Waals surface area (Å²) in [5, 5.41) is 3.10. The largest absolute Gasteiger partial charge is 0.372 e. The fraction of sp³-hybridized carbons (Fsp3) is 0.333. The van der Waals surface area contributed by atoms with Crippen LogP contribution in [0.1, 0.15) is 30.0 Å². The van der Waals surface area contributed by atoms with E-state index in [2.05, 4.69) is 55.5 Å². The molecule has 1 aliphatic carbocycles. The van der Waals surface area contributed by atoms with E-state index in [1.807, 2.05) is 14.0 Å². The van der Waals surface area contributed by atoms with Crippen LogP contribution in [0.4, 0.5) is 5.82 Å². The Balaban J connectivity index is 2.05. The third kappa shape index (κ3) is 2.50. The number of nitrogens with one attached hydrogen (secondary N) is 1. The van der Waals surface area contributed by atoms with Crippen LogP contribution in [0.25, 0.3) is 11.4 Å². The van der Waals surface area contributed by atoms with Gasteiger partial charge >= 0.3 is 0 Å². The van der Waals surface area contributed by atoms with Crippen LogP contribution < -0.4 is 5.32 Å². The van der Waals surface area contributed by atoms with Crippen LogP contribution in [0.2, 0.25) is 0 Å². The lowest BCUT2D eigenvalue weighted by atomic mass is 10.1. The molecule has 1 aliphatic rings. The minimum atomic E-state index is 0.750. The normalized spacial score (nSPS) is 14.5. The number of hydrogen-bond donors (Lipinski definition) is 1. The molecule has 1 fully saturated rings. The van der Waals surface area contributed by atoms with Gasteiger partial charge in [0.1, 0.15) is 5.82 Å². The van der Waals surface area contributed by atoms with E-state index in [0.717, 1.165) is 33.3 Å². The molecule has 1 aromatic carbocycles. The molecule has 0 amide bonds. The van der Waals surface area contributed by atoms with Crippen LogP contribution >= 0.6 is 15.9 Å². The van der Waals surface area contributed by atoms with Gasteiger partial charge in [-0.3, -0.25) is 0 Å². The van der Waals surface area contributed by atoms with Crippen molar-refractivity contribution in [2.45, 2.75) is 25.7 Å². The van der Waals surface area contributed by atoms with E-state index in [4.69, 9.17) is 0 Å². The molecule has 4 heteroatoms. The minimum Gasteiger partial charge on any atom is -0.372 e. The van der Waals surface area contributed by atoms with Crippen molar-refractivity contribution in [3.63, 3.8) is 0 Å². The quantitative estimate of drug-likeness (QED) is 0.924. The summed E-state index contributed by atoms with van der Waals surface area (Å²) < 4.78 is 0.928. The molecule has 1 aromatic heterocycles. The molecular formula is C15H16BrN3. The maximum absolute atomic E-state index is 4.57. The van der Waals surface area contributed by atoms with Crippen LogP contribution in [0.5, 0.6) is 0 Å². The van der Waals surface area contributed by atoms with Crippen LogP contribution in [-0.2, 0) is 0 Å². The zero-order valence-corrected chi connectivity index (χ0v) is 12.7. The lowest BCUT2D eigenvalue weighted by molar-refractivity contribution is 1.08. The average Bonchev–Trinajstić information content (AvgIpc) is 3.26. The third-order valence-corrected chi connectivity index (χ3v) is 4.40. The van der Waals surface area contributed by atoms with Gasteiger partial charge in [0.2, 0.25) is 0 Å². The number of anilines is 1. The first kappa shape index (κ1) is 12.6. The second-order valence-corrected chi connectivity index (χ2v) is 5.74. The van der Waals surface area contributed by atoms with Crippen molar-refractivity contribution in [2.75, 3.05) is 12.4 Å². The summed E-state index contributed by atoms with van der Waals surface area (Å²) in [5.41, 5.74) is 3.45. The smallest absolute Gasteiger partial charge is 0.161 e. The van der Waals surface area contributed by atoms with E-state index in [0.29, 0.717) is 0 Å². The first-order chi connectivity index (χ1) is 9.19. The SMILES string of the molecule is CNc1nc(-c2cccc(C3CC3)c2)nc(C)c1Br. The van der Waals surface area contributed by atoms with E-state index < -0.39 is 0 Å². The van der Waals surface area contributed by atoms with Crippen molar-refractivity contribution in [2.24, 2.45) is 0 Å². The van der Waals surface area contributed by atoms with Crippen molar-refractivity contribution < 1.29 is 0 Å². The number of halogens is 1. The lowest BCUT2D eigenvalue weighted by Crippen LogP contribution is -2.01. The van der Waals surface area contributed by atoms with Gasteiger partial charge in [-0.25, -0.2) is 9.97 Å². The third-order valence-electron chi connectivity index (χ3n) is 3.45. The van der Waals surface area contributed by atoms with E-state index in [9.17, 15) is 0 Å². The van der Waals surface area contributed by atoms with Gasteiger partial charge in [-0.15, -0.1) is 0 Å². The first-order valence-corrected chi connectivity index (χ1v) is 7.30. The molecule has 98 valence electrons. The van der Waals surface area contributed by atoms with E-state index in [-0.39, 0.29) is 0 Å². The molecule has 3 nitrogen and oxygen atoms in total. The molecule has 0 spiro atoms. The fourth-order valence-electron chi connectivity index (χ4n) is 2.20. The fourth-order valence-corrected chi connectivity index (χ4v) is 2.58. The Morgan fingerprint density at radius 1 is 1.26 bits per heavy atom. The first-order valence-electron chi connectivity index (χ1n) is 6.51. The molecule has 1 heterocycles. The van der Waals surface area contributed by atoms with Gasteiger partial charge in [0.25, 0.3) is 0 Å². The number of benzene rings is 1. The summed E-state index contributed by atoms with van der Waals surface area (Å²) in [5.74, 6) is 2.37. The molecule has 0 atom stereocenters. The van der Waals surface area contributed by atoms with E-state index >= 15 is 0 Å². The van der Waals surface area contributed by atoms with E-state index in [1.54, 1.807) is 0 Å². The van der Waals surface area contributed by atoms with Gasteiger partial charge in [0.15, 0.2) is 5.82 Å². The van der Waals surface area contributed by atoms with Crippen LogP contribution in [0, 0.1) is 6.92 Å². The molecule has 0 unspecified atom stereocenters. The molecule has 1 N–H and O–H groups in total. The van der Waals surface area contributed by atoms with Gasteiger partial charge in [0, 0.05) is 12.6 Å². The highest BCUT2D eigenvalue weighted by atomic mass is 79.9.